The van der Waals surface area contributed by atoms with Crippen LogP contribution in [0.3, 0.4) is 0 Å². The third kappa shape index (κ3) is 5.00. The minimum atomic E-state index is -0.0924. The van der Waals surface area contributed by atoms with Crippen molar-refractivity contribution in [1.82, 2.24) is 9.80 Å². The molecule has 0 N–H and O–H groups in total. The lowest BCUT2D eigenvalue weighted by molar-refractivity contribution is 0.0278. The number of methoxy groups -OCH3 is 4. The van der Waals surface area contributed by atoms with E-state index in [2.05, 4.69) is 36.1 Å². The number of carbonyl (C=O) groups is 1. The predicted octanol–water partition coefficient (Wildman–Crippen LogP) is 6.09. The maximum atomic E-state index is 13.8. The maximum Gasteiger partial charge on any atom is 0.290 e. The van der Waals surface area contributed by atoms with Gasteiger partial charge in [-0.1, -0.05) is 13.3 Å². The number of nitrogens with zero attached hydrogens (tertiary/aromatic N) is 2. The van der Waals surface area contributed by atoms with E-state index in [4.69, 9.17) is 23.4 Å². The van der Waals surface area contributed by atoms with Gasteiger partial charge in [-0.2, -0.15) is 0 Å². The number of fused-ring (bicyclic) bond motifs is 4. The van der Waals surface area contributed by atoms with Gasteiger partial charge < -0.3 is 28.3 Å². The first kappa shape index (κ1) is 28.5. The summed E-state index contributed by atoms with van der Waals surface area (Å²) < 4.78 is 28.3. The summed E-state index contributed by atoms with van der Waals surface area (Å²) in [6.45, 7) is 5.03. The Hall–Kier alpha value is -3.65. The lowest BCUT2D eigenvalue weighted by atomic mass is 9.72. The Balaban J connectivity index is 1.37. The Kier molecular flexibility index (Phi) is 8.08. The summed E-state index contributed by atoms with van der Waals surface area (Å²) in [7, 11) is 6.74. The van der Waals surface area contributed by atoms with E-state index < -0.39 is 0 Å². The van der Waals surface area contributed by atoms with Gasteiger partial charge in [0.1, 0.15) is 0 Å². The lowest BCUT2D eigenvalue weighted by Crippen LogP contribution is -2.47. The highest BCUT2D eigenvalue weighted by molar-refractivity contribution is 5.92. The summed E-state index contributed by atoms with van der Waals surface area (Å²) in [6, 6.07) is 12.3. The molecule has 0 radical (unpaired) electrons. The molecule has 0 unspecified atom stereocenters. The van der Waals surface area contributed by atoms with Gasteiger partial charge in [-0.3, -0.25) is 9.69 Å². The van der Waals surface area contributed by atoms with Crippen LogP contribution in [-0.2, 0) is 12.8 Å². The fraction of sp³-hybridized carbons (Fsp3) is 0.500. The van der Waals surface area contributed by atoms with E-state index in [1.165, 1.54) is 16.7 Å². The quantitative estimate of drug-likeness (QED) is 0.322. The summed E-state index contributed by atoms with van der Waals surface area (Å²) >= 11 is 0. The van der Waals surface area contributed by atoms with Crippen molar-refractivity contribution in [3.05, 3.63) is 70.7 Å². The van der Waals surface area contributed by atoms with Crippen molar-refractivity contribution < 1.29 is 28.2 Å². The van der Waals surface area contributed by atoms with Gasteiger partial charge in [0.25, 0.3) is 5.91 Å². The second kappa shape index (κ2) is 11.9. The average Bonchev–Trinajstić information content (AvgIpc) is 3.58. The van der Waals surface area contributed by atoms with Gasteiger partial charge >= 0.3 is 0 Å². The van der Waals surface area contributed by atoms with E-state index in [0.717, 1.165) is 68.0 Å². The molecule has 8 heteroatoms. The molecule has 0 saturated carbocycles. The minimum Gasteiger partial charge on any atom is -0.493 e. The zero-order valence-electron chi connectivity index (χ0n) is 25.4. The number of ether oxygens (including phenoxy) is 4. The fourth-order valence-corrected chi connectivity index (χ4v) is 7.61. The Morgan fingerprint density at radius 1 is 0.857 bits per heavy atom. The van der Waals surface area contributed by atoms with Crippen LogP contribution < -0.4 is 18.9 Å². The summed E-state index contributed by atoms with van der Waals surface area (Å²) in [5.74, 6) is 4.27. The molecule has 1 amide bonds. The number of furan rings is 1. The van der Waals surface area contributed by atoms with Gasteiger partial charge in [-0.25, -0.2) is 0 Å². The van der Waals surface area contributed by atoms with Crippen LogP contribution in [0, 0.1) is 11.8 Å². The molecule has 0 aliphatic carbocycles. The first-order valence-corrected chi connectivity index (χ1v) is 15.1. The number of hydrogen-bond donors (Lipinski definition) is 0. The van der Waals surface area contributed by atoms with E-state index in [0.29, 0.717) is 35.9 Å². The second-order valence-corrected chi connectivity index (χ2v) is 11.7. The van der Waals surface area contributed by atoms with E-state index in [-0.39, 0.29) is 11.9 Å². The molecule has 1 saturated heterocycles. The highest BCUT2D eigenvalue weighted by Crippen LogP contribution is 2.49. The van der Waals surface area contributed by atoms with Crippen LogP contribution in [0.5, 0.6) is 23.0 Å². The highest BCUT2D eigenvalue weighted by Gasteiger charge is 2.42. The number of piperidine rings is 1. The largest absolute Gasteiger partial charge is 0.493 e. The Labute approximate surface area is 248 Å². The number of rotatable bonds is 8. The normalized spacial score (nSPS) is 23.4. The van der Waals surface area contributed by atoms with E-state index in [9.17, 15) is 4.79 Å². The van der Waals surface area contributed by atoms with Gasteiger partial charge in [0.15, 0.2) is 28.8 Å². The molecular weight excluding hydrogens is 532 g/mol. The van der Waals surface area contributed by atoms with Crippen molar-refractivity contribution in [2.45, 2.75) is 51.1 Å². The molecule has 224 valence electrons. The number of amides is 1. The van der Waals surface area contributed by atoms with E-state index in [1.54, 1.807) is 46.8 Å². The van der Waals surface area contributed by atoms with E-state index in [1.807, 2.05) is 4.90 Å². The van der Waals surface area contributed by atoms with Crippen LogP contribution >= 0.6 is 0 Å². The molecule has 0 spiro atoms. The molecule has 2 aromatic carbocycles. The van der Waals surface area contributed by atoms with Crippen molar-refractivity contribution in [2.75, 3.05) is 48.1 Å². The molecule has 42 heavy (non-hydrogen) atoms. The molecule has 3 aliphatic heterocycles. The van der Waals surface area contributed by atoms with Crippen LogP contribution in [0.4, 0.5) is 0 Å². The monoisotopic (exact) mass is 574 g/mol. The molecule has 4 atom stereocenters. The fourth-order valence-electron chi connectivity index (χ4n) is 7.61. The number of carbonyl (C=O) groups excluding carboxylic acids is 1. The van der Waals surface area contributed by atoms with Crippen LogP contribution in [0.25, 0.3) is 0 Å². The Bertz CT molecular complexity index is 1420. The van der Waals surface area contributed by atoms with Crippen molar-refractivity contribution >= 4 is 5.91 Å². The second-order valence-electron chi connectivity index (χ2n) is 11.7. The average molecular weight is 575 g/mol. The molecule has 3 aliphatic rings. The molecule has 0 bridgehead atoms. The van der Waals surface area contributed by atoms with Crippen LogP contribution in [0.2, 0.25) is 0 Å². The summed E-state index contributed by atoms with van der Waals surface area (Å²) in [4.78, 5) is 18.5. The molecule has 8 nitrogen and oxygen atoms in total. The third-order valence-electron chi connectivity index (χ3n) is 9.82. The lowest BCUT2D eigenvalue weighted by Gasteiger charge is -2.49. The topological polar surface area (TPSA) is 73.6 Å². The number of benzene rings is 2. The van der Waals surface area contributed by atoms with Crippen molar-refractivity contribution in [3.8, 4) is 23.0 Å². The first-order chi connectivity index (χ1) is 20.5. The van der Waals surface area contributed by atoms with Gasteiger partial charge in [0, 0.05) is 25.7 Å². The van der Waals surface area contributed by atoms with Crippen LogP contribution in [0.1, 0.15) is 71.1 Å². The Morgan fingerprint density at radius 2 is 1.48 bits per heavy atom. The zero-order chi connectivity index (χ0) is 29.4. The van der Waals surface area contributed by atoms with Crippen molar-refractivity contribution in [1.29, 1.82) is 0 Å². The third-order valence-corrected chi connectivity index (χ3v) is 9.82. The van der Waals surface area contributed by atoms with Gasteiger partial charge in [-0.05, 0) is 96.2 Å². The Morgan fingerprint density at radius 3 is 2.10 bits per heavy atom. The molecule has 3 aromatic rings. The van der Waals surface area contributed by atoms with Gasteiger partial charge in [-0.15, -0.1) is 0 Å². The maximum absolute atomic E-state index is 13.8. The predicted molar refractivity (Wildman–Crippen MR) is 160 cm³/mol. The molecular formula is C34H42N2O6. The van der Waals surface area contributed by atoms with Crippen LogP contribution in [0.15, 0.2) is 47.1 Å². The minimum absolute atomic E-state index is 0.0595. The van der Waals surface area contributed by atoms with E-state index >= 15 is 0 Å². The number of hydrogen-bond acceptors (Lipinski definition) is 7. The van der Waals surface area contributed by atoms with Crippen LogP contribution in [-0.4, -0.2) is 63.8 Å². The summed E-state index contributed by atoms with van der Waals surface area (Å²) in [5.41, 5.74) is 5.05. The zero-order valence-corrected chi connectivity index (χ0v) is 25.4. The summed E-state index contributed by atoms with van der Waals surface area (Å²) in [6.07, 6.45) is 6.34. The molecule has 6 rings (SSSR count). The summed E-state index contributed by atoms with van der Waals surface area (Å²) in [5, 5.41) is 0. The smallest absolute Gasteiger partial charge is 0.290 e. The molecule has 4 heterocycles. The van der Waals surface area contributed by atoms with Crippen molar-refractivity contribution in [2.24, 2.45) is 11.8 Å². The SMILES string of the molecule is CC[C@H]1CN2CCc3cc(OC)c(OC)cc3[C@@H]2C[C@@H]1C[C@H]1c2cc(OC)c(OC)cc2CCN1C(=O)c1ccco1. The molecule has 1 aromatic heterocycles. The van der Waals surface area contributed by atoms with Gasteiger partial charge in [0.2, 0.25) is 0 Å². The highest BCUT2D eigenvalue weighted by atomic mass is 16.5. The first-order valence-electron chi connectivity index (χ1n) is 15.1. The molecule has 1 fully saturated rings. The van der Waals surface area contributed by atoms with Crippen molar-refractivity contribution in [3.63, 3.8) is 0 Å². The standard InChI is InChI=1S/C34H42N2O6/c1-6-21-20-35-11-9-22-16-30(38-2)32(40-4)18-25(22)27(35)14-24(21)15-28-26-19-33(41-5)31(39-3)17-23(26)10-12-36(28)34(37)29-8-7-13-42-29/h7-8,13,16-19,21,24,27-28H,6,9-12,14-15,20H2,1-5H3/t21-,24+,27-,28-/m0/s1. The van der Waals surface area contributed by atoms with Gasteiger partial charge in [0.05, 0.1) is 40.7 Å².